The van der Waals surface area contributed by atoms with Crippen LogP contribution in [-0.2, 0) is 4.79 Å². The zero-order chi connectivity index (χ0) is 17.1. The average Bonchev–Trinajstić information content (AvgIpc) is 2.59. The highest BCUT2D eigenvalue weighted by Gasteiger charge is 2.27. The summed E-state index contributed by atoms with van der Waals surface area (Å²) in [5.74, 6) is 0.342. The van der Waals surface area contributed by atoms with E-state index in [9.17, 15) is 4.79 Å². The Morgan fingerprint density at radius 3 is 2.54 bits per heavy atom. The van der Waals surface area contributed by atoms with Gasteiger partial charge in [-0.25, -0.2) is 0 Å². The Morgan fingerprint density at radius 1 is 1.08 bits per heavy atom. The van der Waals surface area contributed by atoms with E-state index in [1.54, 1.807) is 0 Å². The lowest BCUT2D eigenvalue weighted by molar-refractivity contribution is -0.133. The summed E-state index contributed by atoms with van der Waals surface area (Å²) in [5.41, 5.74) is 4.03. The van der Waals surface area contributed by atoms with Crippen LogP contribution in [0, 0.1) is 13.8 Å². The third-order valence-electron chi connectivity index (χ3n) is 5.88. The van der Waals surface area contributed by atoms with E-state index in [4.69, 9.17) is 0 Å². The van der Waals surface area contributed by atoms with Gasteiger partial charge >= 0.3 is 0 Å². The molecule has 132 valence electrons. The van der Waals surface area contributed by atoms with Crippen LogP contribution in [0.3, 0.4) is 0 Å². The van der Waals surface area contributed by atoms with Crippen molar-refractivity contribution >= 4 is 11.6 Å². The number of hydrogen-bond donors (Lipinski definition) is 0. The minimum atomic E-state index is 0.342. The quantitative estimate of drug-likeness (QED) is 0.853. The number of piperazine rings is 1. The monoisotopic (exact) mass is 329 g/mol. The van der Waals surface area contributed by atoms with Gasteiger partial charge in [0.25, 0.3) is 0 Å². The summed E-state index contributed by atoms with van der Waals surface area (Å²) >= 11 is 0. The molecule has 1 unspecified atom stereocenters. The molecule has 2 aliphatic rings. The van der Waals surface area contributed by atoms with Crippen molar-refractivity contribution in [3.05, 3.63) is 29.3 Å². The molecule has 0 N–H and O–H groups in total. The topological polar surface area (TPSA) is 26.8 Å². The van der Waals surface area contributed by atoms with E-state index in [0.29, 0.717) is 18.4 Å². The average molecular weight is 329 g/mol. The number of rotatable bonds is 3. The molecule has 2 saturated heterocycles. The van der Waals surface area contributed by atoms with Gasteiger partial charge in [-0.05, 0) is 57.5 Å². The highest BCUT2D eigenvalue weighted by Crippen LogP contribution is 2.24. The molecule has 4 nitrogen and oxygen atoms in total. The van der Waals surface area contributed by atoms with Gasteiger partial charge in [0.1, 0.15) is 0 Å². The van der Waals surface area contributed by atoms with Gasteiger partial charge in [-0.3, -0.25) is 4.79 Å². The molecule has 3 rings (SSSR count). The fourth-order valence-corrected chi connectivity index (χ4v) is 4.01. The van der Waals surface area contributed by atoms with Gasteiger partial charge in [0.15, 0.2) is 0 Å². The number of aryl methyl sites for hydroxylation is 1. The Labute approximate surface area is 146 Å². The van der Waals surface area contributed by atoms with Crippen molar-refractivity contribution in [2.75, 3.05) is 44.7 Å². The fraction of sp³-hybridized carbons (Fsp3) is 0.650. The van der Waals surface area contributed by atoms with Crippen molar-refractivity contribution in [2.24, 2.45) is 0 Å². The standard InChI is InChI=1S/C20H31N3O/c1-16-7-6-9-19(17(16)2)22-11-13-23(14-12-22)20(24)15-18-8-4-5-10-21(18)3/h6-7,9,18H,4-5,8,10-15H2,1-3H3. The van der Waals surface area contributed by atoms with Crippen molar-refractivity contribution in [1.82, 2.24) is 9.80 Å². The number of likely N-dealkylation sites (tertiary alicyclic amines) is 1. The Morgan fingerprint density at radius 2 is 1.83 bits per heavy atom. The maximum Gasteiger partial charge on any atom is 0.224 e. The van der Waals surface area contributed by atoms with Gasteiger partial charge in [-0.15, -0.1) is 0 Å². The predicted octanol–water partition coefficient (Wildman–Crippen LogP) is 2.83. The number of carbonyl (C=O) groups excluding carboxylic acids is 1. The number of carbonyl (C=O) groups is 1. The van der Waals surface area contributed by atoms with Crippen LogP contribution in [0.25, 0.3) is 0 Å². The molecule has 0 aliphatic carbocycles. The SMILES string of the molecule is Cc1cccc(N2CCN(C(=O)CC3CCCCN3C)CC2)c1C. The smallest absolute Gasteiger partial charge is 0.224 e. The second-order valence-corrected chi connectivity index (χ2v) is 7.42. The Bertz CT molecular complexity index is 578. The van der Waals surface area contributed by atoms with Crippen LogP contribution < -0.4 is 4.90 Å². The fourth-order valence-electron chi connectivity index (χ4n) is 4.01. The molecule has 24 heavy (non-hydrogen) atoms. The summed E-state index contributed by atoms with van der Waals surface area (Å²) in [4.78, 5) is 19.5. The molecule has 0 aromatic heterocycles. The number of amides is 1. The molecular weight excluding hydrogens is 298 g/mol. The van der Waals surface area contributed by atoms with Crippen LogP contribution >= 0.6 is 0 Å². The van der Waals surface area contributed by atoms with Gasteiger partial charge < -0.3 is 14.7 Å². The van der Waals surface area contributed by atoms with Crippen molar-refractivity contribution < 1.29 is 4.79 Å². The highest BCUT2D eigenvalue weighted by atomic mass is 16.2. The minimum Gasteiger partial charge on any atom is -0.368 e. The molecule has 1 amide bonds. The van der Waals surface area contributed by atoms with E-state index >= 15 is 0 Å². The first-order valence-corrected chi connectivity index (χ1v) is 9.35. The molecule has 2 aliphatic heterocycles. The van der Waals surface area contributed by atoms with Crippen molar-refractivity contribution in [3.63, 3.8) is 0 Å². The number of benzene rings is 1. The summed E-state index contributed by atoms with van der Waals surface area (Å²) in [6.07, 6.45) is 4.41. The molecule has 4 heteroatoms. The third kappa shape index (κ3) is 3.75. The summed E-state index contributed by atoms with van der Waals surface area (Å²) in [6.45, 7) is 9.08. The van der Waals surface area contributed by atoms with Crippen LogP contribution in [0.5, 0.6) is 0 Å². The van der Waals surface area contributed by atoms with E-state index in [1.165, 1.54) is 36.1 Å². The number of nitrogens with zero attached hydrogens (tertiary/aromatic N) is 3. The Balaban J connectivity index is 1.54. The largest absolute Gasteiger partial charge is 0.368 e. The van der Waals surface area contributed by atoms with E-state index in [2.05, 4.69) is 53.8 Å². The van der Waals surface area contributed by atoms with Gasteiger partial charge in [0, 0.05) is 44.3 Å². The summed E-state index contributed by atoms with van der Waals surface area (Å²) in [5, 5.41) is 0. The van der Waals surface area contributed by atoms with Crippen molar-refractivity contribution in [3.8, 4) is 0 Å². The molecule has 2 heterocycles. The maximum atomic E-state index is 12.7. The lowest BCUT2D eigenvalue weighted by Gasteiger charge is -2.39. The molecule has 1 aromatic carbocycles. The predicted molar refractivity (Wildman–Crippen MR) is 99.6 cm³/mol. The van der Waals surface area contributed by atoms with Gasteiger partial charge in [0.2, 0.25) is 5.91 Å². The van der Waals surface area contributed by atoms with Crippen molar-refractivity contribution in [2.45, 2.75) is 45.6 Å². The van der Waals surface area contributed by atoms with E-state index in [-0.39, 0.29) is 0 Å². The first-order chi connectivity index (χ1) is 11.6. The molecular formula is C20H31N3O. The number of anilines is 1. The van der Waals surface area contributed by atoms with Crippen molar-refractivity contribution in [1.29, 1.82) is 0 Å². The zero-order valence-electron chi connectivity index (χ0n) is 15.4. The van der Waals surface area contributed by atoms with Crippen LogP contribution in [0.4, 0.5) is 5.69 Å². The third-order valence-corrected chi connectivity index (χ3v) is 5.88. The van der Waals surface area contributed by atoms with Crippen LogP contribution in [0.1, 0.15) is 36.8 Å². The zero-order valence-corrected chi connectivity index (χ0v) is 15.4. The van der Waals surface area contributed by atoms with Gasteiger partial charge in [0.05, 0.1) is 0 Å². The second kappa shape index (κ2) is 7.56. The highest BCUT2D eigenvalue weighted by molar-refractivity contribution is 5.77. The Kier molecular flexibility index (Phi) is 5.44. The lowest BCUT2D eigenvalue weighted by atomic mass is 9.99. The Hall–Kier alpha value is -1.55. The summed E-state index contributed by atoms with van der Waals surface area (Å²) in [6, 6.07) is 6.95. The molecule has 0 spiro atoms. The van der Waals surface area contributed by atoms with Gasteiger partial charge in [-0.2, -0.15) is 0 Å². The van der Waals surface area contributed by atoms with Gasteiger partial charge in [-0.1, -0.05) is 18.6 Å². The molecule has 0 bridgehead atoms. The first kappa shape index (κ1) is 17.3. The van der Waals surface area contributed by atoms with Crippen LogP contribution in [0.2, 0.25) is 0 Å². The lowest BCUT2D eigenvalue weighted by Crippen LogP contribution is -2.50. The molecule has 0 saturated carbocycles. The molecule has 1 aromatic rings. The maximum absolute atomic E-state index is 12.7. The van der Waals surface area contributed by atoms with E-state index in [1.807, 2.05) is 0 Å². The van der Waals surface area contributed by atoms with Crippen LogP contribution in [-0.4, -0.2) is 61.5 Å². The number of piperidine rings is 1. The second-order valence-electron chi connectivity index (χ2n) is 7.42. The van der Waals surface area contributed by atoms with E-state index in [0.717, 1.165) is 32.7 Å². The summed E-state index contributed by atoms with van der Waals surface area (Å²) in [7, 11) is 2.16. The van der Waals surface area contributed by atoms with E-state index < -0.39 is 0 Å². The number of hydrogen-bond acceptors (Lipinski definition) is 3. The summed E-state index contributed by atoms with van der Waals surface area (Å²) < 4.78 is 0. The first-order valence-electron chi connectivity index (χ1n) is 9.35. The molecule has 2 fully saturated rings. The molecule has 1 atom stereocenters. The molecule has 0 radical (unpaired) electrons. The van der Waals surface area contributed by atoms with Crippen LogP contribution in [0.15, 0.2) is 18.2 Å². The normalized spacial score (nSPS) is 22.7. The minimum absolute atomic E-state index is 0.342.